The molecule has 0 aromatic carbocycles. The van der Waals surface area contributed by atoms with Gasteiger partial charge in [0.25, 0.3) is 0 Å². The third kappa shape index (κ3) is 0.862. The molecule has 0 saturated heterocycles. The second-order valence-electron chi connectivity index (χ2n) is 3.13. The molecule has 0 aromatic rings. The molecular formula is C9H8O2S. The van der Waals surface area contributed by atoms with Crippen molar-refractivity contribution in [1.82, 2.24) is 0 Å². The summed E-state index contributed by atoms with van der Waals surface area (Å²) in [6.07, 6.45) is 10.4. The summed E-state index contributed by atoms with van der Waals surface area (Å²) in [6.45, 7) is 0. The van der Waals surface area contributed by atoms with E-state index in [1.807, 2.05) is 0 Å². The SMILES string of the molecule is O=C(O)C12C=CC(S)(C=C1)C=C2. The van der Waals surface area contributed by atoms with Gasteiger partial charge in [0.1, 0.15) is 5.41 Å². The van der Waals surface area contributed by atoms with Crippen LogP contribution in [-0.2, 0) is 4.79 Å². The number of hydrogen-bond acceptors (Lipinski definition) is 2. The molecule has 0 atom stereocenters. The quantitative estimate of drug-likeness (QED) is 0.473. The first-order chi connectivity index (χ1) is 5.56. The molecule has 0 unspecified atom stereocenters. The van der Waals surface area contributed by atoms with E-state index in [0.29, 0.717) is 0 Å². The first-order valence-electron chi connectivity index (χ1n) is 3.63. The predicted octanol–water partition coefficient (Wildman–Crippen LogP) is 1.42. The molecule has 0 aliphatic heterocycles. The maximum absolute atomic E-state index is 10.9. The Kier molecular flexibility index (Phi) is 1.31. The molecule has 1 N–H and O–H groups in total. The van der Waals surface area contributed by atoms with E-state index in [1.165, 1.54) is 0 Å². The molecule has 3 rings (SSSR count). The summed E-state index contributed by atoms with van der Waals surface area (Å²) < 4.78 is -0.364. The van der Waals surface area contributed by atoms with E-state index in [0.717, 1.165) is 0 Å². The summed E-state index contributed by atoms with van der Waals surface area (Å²) in [5.74, 6) is -0.846. The van der Waals surface area contributed by atoms with Crippen LogP contribution in [0.25, 0.3) is 0 Å². The van der Waals surface area contributed by atoms with Crippen LogP contribution in [-0.4, -0.2) is 15.8 Å². The monoisotopic (exact) mass is 180 g/mol. The van der Waals surface area contributed by atoms with Gasteiger partial charge < -0.3 is 5.11 Å². The van der Waals surface area contributed by atoms with Crippen LogP contribution in [0.5, 0.6) is 0 Å². The molecule has 0 heterocycles. The van der Waals surface area contributed by atoms with Gasteiger partial charge in [0, 0.05) is 0 Å². The van der Waals surface area contributed by atoms with E-state index in [2.05, 4.69) is 12.6 Å². The van der Waals surface area contributed by atoms with Gasteiger partial charge in [-0.25, -0.2) is 0 Å². The van der Waals surface area contributed by atoms with Crippen LogP contribution < -0.4 is 0 Å². The topological polar surface area (TPSA) is 37.3 Å². The zero-order valence-corrected chi connectivity index (χ0v) is 7.16. The molecule has 0 fully saturated rings. The summed E-state index contributed by atoms with van der Waals surface area (Å²) in [6, 6.07) is 0. The van der Waals surface area contributed by atoms with Crippen molar-refractivity contribution in [3.63, 3.8) is 0 Å². The number of hydrogen-bond donors (Lipinski definition) is 2. The van der Waals surface area contributed by atoms with E-state index in [4.69, 9.17) is 5.11 Å². The maximum Gasteiger partial charge on any atom is 0.321 e. The Hall–Kier alpha value is -0.960. The minimum atomic E-state index is -0.912. The fourth-order valence-electron chi connectivity index (χ4n) is 1.36. The lowest BCUT2D eigenvalue weighted by molar-refractivity contribution is -0.141. The Morgan fingerprint density at radius 2 is 1.50 bits per heavy atom. The molecule has 12 heavy (non-hydrogen) atoms. The van der Waals surface area contributed by atoms with Gasteiger partial charge in [0.15, 0.2) is 0 Å². The van der Waals surface area contributed by atoms with Crippen molar-refractivity contribution >= 4 is 18.6 Å². The van der Waals surface area contributed by atoms with E-state index in [1.54, 1.807) is 36.5 Å². The van der Waals surface area contributed by atoms with E-state index < -0.39 is 11.4 Å². The Morgan fingerprint density at radius 3 is 1.83 bits per heavy atom. The Morgan fingerprint density at radius 1 is 1.08 bits per heavy atom. The Bertz CT molecular complexity index is 287. The Labute approximate surface area is 75.7 Å². The molecule has 0 spiro atoms. The fourth-order valence-corrected chi connectivity index (χ4v) is 1.58. The highest BCUT2D eigenvalue weighted by Crippen LogP contribution is 2.40. The fraction of sp³-hybridized carbons (Fsp3) is 0.222. The number of rotatable bonds is 1. The number of aliphatic carboxylic acids is 1. The molecule has 0 aromatic heterocycles. The maximum atomic E-state index is 10.9. The van der Waals surface area contributed by atoms with Gasteiger partial charge in [-0.15, -0.1) is 0 Å². The zero-order chi connectivity index (χ0) is 8.82. The lowest BCUT2D eigenvalue weighted by atomic mass is 9.76. The van der Waals surface area contributed by atoms with Crippen LogP contribution >= 0.6 is 12.6 Å². The highest BCUT2D eigenvalue weighted by molar-refractivity contribution is 7.82. The van der Waals surface area contributed by atoms with Crippen molar-refractivity contribution < 1.29 is 9.90 Å². The molecular weight excluding hydrogens is 172 g/mol. The lowest BCUT2D eigenvalue weighted by Gasteiger charge is -2.33. The van der Waals surface area contributed by atoms with E-state index in [9.17, 15) is 4.79 Å². The third-order valence-corrected chi connectivity index (χ3v) is 2.70. The summed E-state index contributed by atoms with van der Waals surface area (Å²) in [5, 5.41) is 8.92. The van der Waals surface area contributed by atoms with Crippen LogP contribution in [0.3, 0.4) is 0 Å². The van der Waals surface area contributed by atoms with Crippen LogP contribution in [0.4, 0.5) is 0 Å². The van der Waals surface area contributed by atoms with E-state index in [-0.39, 0.29) is 4.75 Å². The van der Waals surface area contributed by atoms with Crippen molar-refractivity contribution in [3.8, 4) is 0 Å². The molecule has 3 heteroatoms. The summed E-state index contributed by atoms with van der Waals surface area (Å²) in [7, 11) is 0. The third-order valence-electron chi connectivity index (χ3n) is 2.25. The van der Waals surface area contributed by atoms with Crippen LogP contribution in [0, 0.1) is 5.41 Å². The molecule has 3 aliphatic carbocycles. The summed E-state index contributed by atoms with van der Waals surface area (Å²) in [4.78, 5) is 10.9. The number of carboxylic acids is 1. The van der Waals surface area contributed by atoms with Gasteiger partial charge in [0.05, 0.1) is 4.75 Å². The van der Waals surface area contributed by atoms with Crippen molar-refractivity contribution in [2.24, 2.45) is 5.41 Å². The zero-order valence-electron chi connectivity index (χ0n) is 6.27. The number of thiol groups is 1. The first kappa shape index (κ1) is 7.68. The Balaban J connectivity index is 2.48. The molecule has 0 amide bonds. The second-order valence-corrected chi connectivity index (χ2v) is 3.90. The molecule has 2 nitrogen and oxygen atoms in total. The smallest absolute Gasteiger partial charge is 0.321 e. The average Bonchev–Trinajstić information content (AvgIpc) is 2.06. The van der Waals surface area contributed by atoms with E-state index >= 15 is 0 Å². The standard InChI is InChI=1S/C9H8O2S/c10-7(11)8-1-4-9(12,5-2-8)6-3-8/h1-6,12H,(H,10,11). The molecule has 0 saturated carbocycles. The van der Waals surface area contributed by atoms with Crippen molar-refractivity contribution in [3.05, 3.63) is 36.5 Å². The van der Waals surface area contributed by atoms with Crippen LogP contribution in [0.15, 0.2) is 36.5 Å². The number of carboxylic acid groups (broad SMARTS) is 1. The molecule has 62 valence electrons. The molecule has 2 bridgehead atoms. The first-order valence-corrected chi connectivity index (χ1v) is 4.08. The summed E-state index contributed by atoms with van der Waals surface area (Å²) >= 11 is 4.34. The molecule has 0 radical (unpaired) electrons. The second kappa shape index (κ2) is 2.04. The normalized spacial score (nSPS) is 42.1. The van der Waals surface area contributed by atoms with Gasteiger partial charge in [-0.05, 0) is 0 Å². The van der Waals surface area contributed by atoms with Gasteiger partial charge in [0.2, 0.25) is 0 Å². The van der Waals surface area contributed by atoms with Crippen molar-refractivity contribution in [2.75, 3.05) is 0 Å². The van der Waals surface area contributed by atoms with Crippen LogP contribution in [0.2, 0.25) is 0 Å². The lowest BCUT2D eigenvalue weighted by Crippen LogP contribution is -2.34. The van der Waals surface area contributed by atoms with Gasteiger partial charge >= 0.3 is 5.97 Å². The minimum Gasteiger partial charge on any atom is -0.480 e. The summed E-state index contributed by atoms with van der Waals surface area (Å²) in [5.41, 5.74) is -0.912. The number of carbonyl (C=O) groups is 1. The molecule has 3 aliphatic rings. The minimum absolute atomic E-state index is 0.364. The highest BCUT2D eigenvalue weighted by Gasteiger charge is 2.39. The predicted molar refractivity (Wildman–Crippen MR) is 49.2 cm³/mol. The highest BCUT2D eigenvalue weighted by atomic mass is 32.1. The van der Waals surface area contributed by atoms with Gasteiger partial charge in [-0.2, -0.15) is 12.6 Å². The average molecular weight is 180 g/mol. The largest absolute Gasteiger partial charge is 0.480 e. The van der Waals surface area contributed by atoms with Gasteiger partial charge in [-0.1, -0.05) is 36.5 Å². The van der Waals surface area contributed by atoms with Gasteiger partial charge in [-0.3, -0.25) is 4.79 Å². The van der Waals surface area contributed by atoms with Crippen molar-refractivity contribution in [2.45, 2.75) is 4.75 Å². The van der Waals surface area contributed by atoms with Crippen LogP contribution in [0.1, 0.15) is 0 Å². The van der Waals surface area contributed by atoms with Crippen molar-refractivity contribution in [1.29, 1.82) is 0 Å².